The standard InChI is InChI=1S/C22H22N4O4/c1-14(2)29-16-10-8-15(9-11-16)22-24-21(25-30-22)17-5-3-6-19-18(17)13-23-26(19)12-4-7-20(27)28/h3,5-6,8-11,13-14H,4,7,12H2,1-2H3,(H,27,28). The Balaban J connectivity index is 1.58. The quantitative estimate of drug-likeness (QED) is 0.462. The third-order valence-electron chi connectivity index (χ3n) is 4.59. The Labute approximate surface area is 173 Å². The van der Waals surface area contributed by atoms with Crippen LogP contribution in [0.25, 0.3) is 33.7 Å². The van der Waals surface area contributed by atoms with Crippen molar-refractivity contribution in [3.8, 4) is 28.6 Å². The zero-order valence-corrected chi connectivity index (χ0v) is 16.8. The Bertz CT molecular complexity index is 1160. The highest BCUT2D eigenvalue weighted by Crippen LogP contribution is 2.29. The summed E-state index contributed by atoms with van der Waals surface area (Å²) in [6.07, 6.45) is 2.48. The lowest BCUT2D eigenvalue weighted by molar-refractivity contribution is -0.137. The summed E-state index contributed by atoms with van der Waals surface area (Å²) in [5, 5.41) is 18.3. The maximum Gasteiger partial charge on any atom is 0.303 e. The molecule has 0 bridgehead atoms. The van der Waals surface area contributed by atoms with E-state index in [1.807, 2.05) is 56.3 Å². The molecule has 154 valence electrons. The molecule has 4 rings (SSSR count). The number of aromatic nitrogens is 4. The van der Waals surface area contributed by atoms with Crippen LogP contribution in [0.15, 0.2) is 53.2 Å². The molecule has 0 radical (unpaired) electrons. The first-order valence-corrected chi connectivity index (χ1v) is 9.79. The van der Waals surface area contributed by atoms with Crippen LogP contribution in [0, 0.1) is 0 Å². The molecule has 2 heterocycles. The molecule has 0 spiro atoms. The average Bonchev–Trinajstić information content (AvgIpc) is 3.35. The van der Waals surface area contributed by atoms with Crippen molar-refractivity contribution >= 4 is 16.9 Å². The number of hydrogen-bond acceptors (Lipinski definition) is 6. The Hall–Kier alpha value is -3.68. The third kappa shape index (κ3) is 4.17. The molecule has 2 aromatic carbocycles. The molecule has 0 aliphatic carbocycles. The smallest absolute Gasteiger partial charge is 0.303 e. The number of rotatable bonds is 8. The van der Waals surface area contributed by atoms with Crippen LogP contribution in [0.3, 0.4) is 0 Å². The van der Waals surface area contributed by atoms with Crippen molar-refractivity contribution in [1.82, 2.24) is 19.9 Å². The summed E-state index contributed by atoms with van der Waals surface area (Å²) >= 11 is 0. The van der Waals surface area contributed by atoms with Gasteiger partial charge in [0.05, 0.1) is 17.8 Å². The van der Waals surface area contributed by atoms with Gasteiger partial charge in [0, 0.05) is 29.5 Å². The first kappa shape index (κ1) is 19.6. The first-order valence-electron chi connectivity index (χ1n) is 9.79. The van der Waals surface area contributed by atoms with Gasteiger partial charge in [-0.25, -0.2) is 0 Å². The van der Waals surface area contributed by atoms with E-state index in [1.54, 1.807) is 10.9 Å². The van der Waals surface area contributed by atoms with Crippen molar-refractivity contribution in [2.45, 2.75) is 39.3 Å². The number of hydrogen-bond donors (Lipinski definition) is 1. The number of aryl methyl sites for hydroxylation is 1. The molecular formula is C22H22N4O4. The molecule has 0 unspecified atom stereocenters. The minimum Gasteiger partial charge on any atom is -0.491 e. The monoisotopic (exact) mass is 406 g/mol. The van der Waals surface area contributed by atoms with Gasteiger partial charge in [0.15, 0.2) is 0 Å². The number of carboxylic acid groups (broad SMARTS) is 1. The maximum atomic E-state index is 10.8. The SMILES string of the molecule is CC(C)Oc1ccc(-c2nc(-c3cccc4c3cnn4CCCC(=O)O)no2)cc1. The fourth-order valence-electron chi connectivity index (χ4n) is 3.26. The van der Waals surface area contributed by atoms with Crippen molar-refractivity contribution in [3.63, 3.8) is 0 Å². The van der Waals surface area contributed by atoms with Gasteiger partial charge in [-0.15, -0.1) is 0 Å². The average molecular weight is 406 g/mol. The van der Waals surface area contributed by atoms with Gasteiger partial charge in [-0.1, -0.05) is 17.3 Å². The topological polar surface area (TPSA) is 103 Å². The molecule has 0 saturated carbocycles. The molecule has 1 N–H and O–H groups in total. The van der Waals surface area contributed by atoms with E-state index in [1.165, 1.54) is 0 Å². The number of carbonyl (C=O) groups is 1. The molecule has 0 fully saturated rings. The molecule has 30 heavy (non-hydrogen) atoms. The number of fused-ring (bicyclic) bond motifs is 1. The predicted molar refractivity (Wildman–Crippen MR) is 111 cm³/mol. The molecule has 0 amide bonds. The van der Waals surface area contributed by atoms with E-state index in [9.17, 15) is 4.79 Å². The second kappa shape index (κ2) is 8.36. The van der Waals surface area contributed by atoms with Crippen molar-refractivity contribution in [1.29, 1.82) is 0 Å². The minimum absolute atomic E-state index is 0.107. The van der Waals surface area contributed by atoms with Gasteiger partial charge in [0.25, 0.3) is 5.89 Å². The second-order valence-electron chi connectivity index (χ2n) is 7.22. The normalized spacial score (nSPS) is 11.3. The van der Waals surface area contributed by atoms with Gasteiger partial charge in [-0.2, -0.15) is 10.1 Å². The van der Waals surface area contributed by atoms with E-state index in [0.717, 1.165) is 27.8 Å². The summed E-state index contributed by atoms with van der Waals surface area (Å²) in [6, 6.07) is 13.3. The van der Waals surface area contributed by atoms with Gasteiger partial charge in [0.1, 0.15) is 5.75 Å². The zero-order chi connectivity index (χ0) is 21.1. The molecule has 4 aromatic rings. The van der Waals surface area contributed by atoms with Crippen LogP contribution in [0.2, 0.25) is 0 Å². The van der Waals surface area contributed by atoms with E-state index in [2.05, 4.69) is 15.2 Å². The van der Waals surface area contributed by atoms with Crippen molar-refractivity contribution < 1.29 is 19.2 Å². The predicted octanol–water partition coefficient (Wildman–Crippen LogP) is 4.41. The highest BCUT2D eigenvalue weighted by atomic mass is 16.5. The van der Waals surface area contributed by atoms with Crippen LogP contribution in [0.1, 0.15) is 26.7 Å². The van der Waals surface area contributed by atoms with E-state index < -0.39 is 5.97 Å². The van der Waals surface area contributed by atoms with Crippen molar-refractivity contribution in [3.05, 3.63) is 48.7 Å². The number of aliphatic carboxylic acids is 1. The highest BCUT2D eigenvalue weighted by molar-refractivity contribution is 5.92. The van der Waals surface area contributed by atoms with Crippen LogP contribution in [-0.4, -0.2) is 37.1 Å². The number of ether oxygens (including phenoxy) is 1. The molecule has 8 nitrogen and oxygen atoms in total. The summed E-state index contributed by atoms with van der Waals surface area (Å²) in [5.41, 5.74) is 2.52. The van der Waals surface area contributed by atoms with Crippen LogP contribution < -0.4 is 4.74 Å². The van der Waals surface area contributed by atoms with E-state index in [-0.39, 0.29) is 12.5 Å². The highest BCUT2D eigenvalue weighted by Gasteiger charge is 2.15. The minimum atomic E-state index is -0.810. The van der Waals surface area contributed by atoms with Crippen molar-refractivity contribution in [2.75, 3.05) is 0 Å². The first-order chi connectivity index (χ1) is 14.5. The fraction of sp³-hybridized carbons (Fsp3) is 0.273. The van der Waals surface area contributed by atoms with Gasteiger partial charge < -0.3 is 14.4 Å². The third-order valence-corrected chi connectivity index (χ3v) is 4.59. The van der Waals surface area contributed by atoms with E-state index in [4.69, 9.17) is 14.4 Å². The Kier molecular flexibility index (Phi) is 5.47. The number of carboxylic acids is 1. The molecule has 0 atom stereocenters. The number of benzene rings is 2. The molecule has 0 aliphatic rings. The lowest BCUT2D eigenvalue weighted by Crippen LogP contribution is -2.05. The molecule has 0 saturated heterocycles. The summed E-state index contributed by atoms with van der Waals surface area (Å²) in [5.74, 6) is 0.874. The molecular weight excluding hydrogens is 384 g/mol. The van der Waals surface area contributed by atoms with Crippen LogP contribution >= 0.6 is 0 Å². The van der Waals surface area contributed by atoms with Crippen molar-refractivity contribution in [2.24, 2.45) is 0 Å². The Morgan fingerprint density at radius 1 is 1.20 bits per heavy atom. The van der Waals surface area contributed by atoms with Gasteiger partial charge in [0.2, 0.25) is 5.82 Å². The van der Waals surface area contributed by atoms with Gasteiger partial charge in [-0.3, -0.25) is 9.48 Å². The molecule has 8 heteroatoms. The van der Waals surface area contributed by atoms with Crippen LogP contribution in [-0.2, 0) is 11.3 Å². The lowest BCUT2D eigenvalue weighted by Gasteiger charge is -2.09. The van der Waals surface area contributed by atoms with Gasteiger partial charge in [-0.05, 0) is 50.6 Å². The largest absolute Gasteiger partial charge is 0.491 e. The summed E-state index contributed by atoms with van der Waals surface area (Å²) in [7, 11) is 0. The summed E-state index contributed by atoms with van der Waals surface area (Å²) in [6.45, 7) is 4.49. The van der Waals surface area contributed by atoms with Crippen LogP contribution in [0.5, 0.6) is 5.75 Å². The molecule has 0 aliphatic heterocycles. The fourth-order valence-corrected chi connectivity index (χ4v) is 3.26. The zero-order valence-electron chi connectivity index (χ0n) is 16.8. The summed E-state index contributed by atoms with van der Waals surface area (Å²) < 4.78 is 12.9. The molecule has 2 aromatic heterocycles. The lowest BCUT2D eigenvalue weighted by atomic mass is 10.1. The van der Waals surface area contributed by atoms with Gasteiger partial charge >= 0.3 is 5.97 Å². The number of nitrogens with zero attached hydrogens (tertiary/aromatic N) is 4. The van der Waals surface area contributed by atoms with E-state index >= 15 is 0 Å². The van der Waals surface area contributed by atoms with Crippen LogP contribution in [0.4, 0.5) is 0 Å². The maximum absolute atomic E-state index is 10.8. The second-order valence-corrected chi connectivity index (χ2v) is 7.22. The summed E-state index contributed by atoms with van der Waals surface area (Å²) in [4.78, 5) is 15.3. The van der Waals surface area contributed by atoms with E-state index in [0.29, 0.717) is 24.7 Å². The Morgan fingerprint density at radius 2 is 2.00 bits per heavy atom. The Morgan fingerprint density at radius 3 is 2.73 bits per heavy atom.